The van der Waals surface area contributed by atoms with Gasteiger partial charge in [-0.3, -0.25) is 4.79 Å². The number of benzene rings is 2. The summed E-state index contributed by atoms with van der Waals surface area (Å²) in [5, 5.41) is 4.29. The van der Waals surface area contributed by atoms with Crippen molar-refractivity contribution in [2.75, 3.05) is 6.61 Å². The standard InChI is InChI=1S/C20H20N2O3/c1-2-24-19-11-7-6-8-17(19)15-25-20(23)12-16-13-21-22(14-16)18-9-4-3-5-10-18/h3-11,13-14H,2,12,15H2,1H3. The van der Waals surface area contributed by atoms with E-state index in [0.29, 0.717) is 6.61 Å². The number of carbonyl (C=O) groups excluding carboxylic acids is 1. The molecule has 0 radical (unpaired) electrons. The molecule has 0 saturated carbocycles. The molecule has 0 bridgehead atoms. The van der Waals surface area contributed by atoms with E-state index in [-0.39, 0.29) is 19.0 Å². The molecule has 25 heavy (non-hydrogen) atoms. The summed E-state index contributed by atoms with van der Waals surface area (Å²) < 4.78 is 12.7. The molecule has 0 amide bonds. The minimum atomic E-state index is -0.293. The predicted molar refractivity (Wildman–Crippen MR) is 94.7 cm³/mol. The van der Waals surface area contributed by atoms with E-state index in [4.69, 9.17) is 9.47 Å². The lowest BCUT2D eigenvalue weighted by Gasteiger charge is -2.10. The monoisotopic (exact) mass is 336 g/mol. The van der Waals surface area contributed by atoms with Gasteiger partial charge >= 0.3 is 5.97 Å². The Morgan fingerprint density at radius 1 is 1.08 bits per heavy atom. The number of ether oxygens (including phenoxy) is 2. The molecule has 3 rings (SSSR count). The lowest BCUT2D eigenvalue weighted by atomic mass is 10.2. The molecule has 0 fully saturated rings. The van der Waals surface area contributed by atoms with Gasteiger partial charge in [0, 0.05) is 17.3 Å². The van der Waals surface area contributed by atoms with Gasteiger partial charge in [0.25, 0.3) is 0 Å². The van der Waals surface area contributed by atoms with Gasteiger partial charge in [0.05, 0.1) is 24.9 Å². The molecule has 0 aliphatic carbocycles. The highest BCUT2D eigenvalue weighted by molar-refractivity contribution is 5.72. The number of hydrogen-bond acceptors (Lipinski definition) is 4. The van der Waals surface area contributed by atoms with Crippen LogP contribution in [0, 0.1) is 0 Å². The van der Waals surface area contributed by atoms with E-state index in [0.717, 1.165) is 22.6 Å². The molecule has 128 valence electrons. The Morgan fingerprint density at radius 2 is 1.84 bits per heavy atom. The predicted octanol–water partition coefficient (Wildman–Crippen LogP) is 3.56. The second kappa shape index (κ2) is 8.15. The Balaban J connectivity index is 1.58. The van der Waals surface area contributed by atoms with Crippen molar-refractivity contribution in [3.63, 3.8) is 0 Å². The first kappa shape index (κ1) is 16.8. The van der Waals surface area contributed by atoms with Gasteiger partial charge in [0.1, 0.15) is 12.4 Å². The van der Waals surface area contributed by atoms with Crippen molar-refractivity contribution in [2.24, 2.45) is 0 Å². The largest absolute Gasteiger partial charge is 0.493 e. The van der Waals surface area contributed by atoms with E-state index < -0.39 is 0 Å². The van der Waals surface area contributed by atoms with Gasteiger partial charge in [-0.25, -0.2) is 4.68 Å². The van der Waals surface area contributed by atoms with Crippen LogP contribution in [-0.2, 0) is 22.6 Å². The molecule has 1 heterocycles. The summed E-state index contributed by atoms with van der Waals surface area (Å²) in [5.74, 6) is 0.452. The van der Waals surface area contributed by atoms with E-state index in [2.05, 4.69) is 5.10 Å². The number of aromatic nitrogens is 2. The Hall–Kier alpha value is -3.08. The van der Waals surface area contributed by atoms with Gasteiger partial charge in [-0.2, -0.15) is 5.10 Å². The maximum Gasteiger partial charge on any atom is 0.310 e. The third-order valence-electron chi connectivity index (χ3n) is 3.67. The number of nitrogens with zero attached hydrogens (tertiary/aromatic N) is 2. The molecular formula is C20H20N2O3. The van der Waals surface area contributed by atoms with Crippen molar-refractivity contribution >= 4 is 5.97 Å². The fourth-order valence-electron chi connectivity index (χ4n) is 2.47. The topological polar surface area (TPSA) is 53.4 Å². The van der Waals surface area contributed by atoms with Gasteiger partial charge in [-0.15, -0.1) is 0 Å². The quantitative estimate of drug-likeness (QED) is 0.619. The Labute approximate surface area is 146 Å². The Bertz CT molecular complexity index is 828. The molecule has 1 aromatic heterocycles. The minimum Gasteiger partial charge on any atom is -0.493 e. The molecule has 2 aromatic carbocycles. The van der Waals surface area contributed by atoms with E-state index in [1.807, 2.05) is 67.7 Å². The van der Waals surface area contributed by atoms with E-state index in [1.54, 1.807) is 10.9 Å². The van der Waals surface area contributed by atoms with Crippen LogP contribution in [0.25, 0.3) is 5.69 Å². The van der Waals surface area contributed by atoms with Crippen LogP contribution in [0.5, 0.6) is 5.75 Å². The van der Waals surface area contributed by atoms with Crippen molar-refractivity contribution < 1.29 is 14.3 Å². The molecule has 0 atom stereocenters. The maximum absolute atomic E-state index is 12.1. The Morgan fingerprint density at radius 3 is 2.64 bits per heavy atom. The number of rotatable bonds is 7. The molecule has 5 heteroatoms. The third-order valence-corrected chi connectivity index (χ3v) is 3.67. The number of para-hydroxylation sites is 2. The normalized spacial score (nSPS) is 10.4. The average molecular weight is 336 g/mol. The van der Waals surface area contributed by atoms with Crippen LogP contribution in [-0.4, -0.2) is 22.4 Å². The highest BCUT2D eigenvalue weighted by atomic mass is 16.5. The van der Waals surface area contributed by atoms with Gasteiger partial charge in [-0.1, -0.05) is 36.4 Å². The highest BCUT2D eigenvalue weighted by Crippen LogP contribution is 2.19. The first-order valence-corrected chi connectivity index (χ1v) is 8.21. The number of esters is 1. The summed E-state index contributed by atoms with van der Waals surface area (Å²) >= 11 is 0. The van der Waals surface area contributed by atoms with E-state index in [9.17, 15) is 4.79 Å². The zero-order valence-corrected chi connectivity index (χ0v) is 14.1. The van der Waals surface area contributed by atoms with Crippen LogP contribution in [0.1, 0.15) is 18.1 Å². The Kier molecular flexibility index (Phi) is 5.46. The van der Waals surface area contributed by atoms with Crippen LogP contribution in [0.3, 0.4) is 0 Å². The average Bonchev–Trinajstić information content (AvgIpc) is 3.10. The summed E-state index contributed by atoms with van der Waals surface area (Å²) in [4.78, 5) is 12.1. The van der Waals surface area contributed by atoms with Gasteiger partial charge in [0.2, 0.25) is 0 Å². The second-order valence-corrected chi connectivity index (χ2v) is 5.51. The van der Waals surface area contributed by atoms with Crippen LogP contribution in [0.15, 0.2) is 67.0 Å². The molecule has 3 aromatic rings. The van der Waals surface area contributed by atoms with Crippen molar-refractivity contribution in [2.45, 2.75) is 20.0 Å². The first-order valence-electron chi connectivity index (χ1n) is 8.21. The molecule has 0 aliphatic rings. The van der Waals surface area contributed by atoms with Crippen LogP contribution < -0.4 is 4.74 Å². The lowest BCUT2D eigenvalue weighted by Crippen LogP contribution is -2.08. The third kappa shape index (κ3) is 4.47. The maximum atomic E-state index is 12.1. The summed E-state index contributed by atoms with van der Waals surface area (Å²) in [5.41, 5.74) is 2.62. The van der Waals surface area contributed by atoms with Gasteiger partial charge < -0.3 is 9.47 Å². The second-order valence-electron chi connectivity index (χ2n) is 5.51. The summed E-state index contributed by atoms with van der Waals surface area (Å²) in [6, 6.07) is 17.3. The van der Waals surface area contributed by atoms with Crippen LogP contribution >= 0.6 is 0 Å². The summed E-state index contributed by atoms with van der Waals surface area (Å²) in [7, 11) is 0. The van der Waals surface area contributed by atoms with Gasteiger partial charge in [0.15, 0.2) is 0 Å². The minimum absolute atomic E-state index is 0.184. The summed E-state index contributed by atoms with van der Waals surface area (Å²) in [6.07, 6.45) is 3.71. The zero-order valence-electron chi connectivity index (χ0n) is 14.1. The lowest BCUT2D eigenvalue weighted by molar-refractivity contribution is -0.144. The smallest absolute Gasteiger partial charge is 0.310 e. The fraction of sp³-hybridized carbons (Fsp3) is 0.200. The molecule has 5 nitrogen and oxygen atoms in total. The first-order chi connectivity index (χ1) is 12.3. The molecular weight excluding hydrogens is 316 g/mol. The fourth-order valence-corrected chi connectivity index (χ4v) is 2.47. The molecule has 0 spiro atoms. The SMILES string of the molecule is CCOc1ccccc1COC(=O)Cc1cnn(-c2ccccc2)c1. The molecule has 0 saturated heterocycles. The van der Waals surface area contributed by atoms with Crippen molar-refractivity contribution in [3.05, 3.63) is 78.1 Å². The number of carbonyl (C=O) groups is 1. The van der Waals surface area contributed by atoms with Crippen LogP contribution in [0.2, 0.25) is 0 Å². The van der Waals surface area contributed by atoms with Crippen molar-refractivity contribution in [1.29, 1.82) is 0 Å². The van der Waals surface area contributed by atoms with Gasteiger partial charge in [-0.05, 0) is 25.1 Å². The van der Waals surface area contributed by atoms with Crippen molar-refractivity contribution in [3.8, 4) is 11.4 Å². The van der Waals surface area contributed by atoms with Crippen LogP contribution in [0.4, 0.5) is 0 Å². The zero-order chi connectivity index (χ0) is 17.5. The molecule has 0 aliphatic heterocycles. The van der Waals surface area contributed by atoms with E-state index >= 15 is 0 Å². The highest BCUT2D eigenvalue weighted by Gasteiger charge is 2.10. The van der Waals surface area contributed by atoms with Crippen molar-refractivity contribution in [1.82, 2.24) is 9.78 Å². The molecule has 0 unspecified atom stereocenters. The summed E-state index contributed by atoms with van der Waals surface area (Å²) in [6.45, 7) is 2.69. The molecule has 0 N–H and O–H groups in total. The number of hydrogen-bond donors (Lipinski definition) is 0. The van der Waals surface area contributed by atoms with E-state index in [1.165, 1.54) is 0 Å².